The Bertz CT molecular complexity index is 595. The van der Waals surface area contributed by atoms with Gasteiger partial charge in [0.05, 0.1) is 0 Å². The molecule has 0 rings (SSSR count). The van der Waals surface area contributed by atoms with Gasteiger partial charge in [-0.15, -0.1) is 0 Å². The van der Waals surface area contributed by atoms with Crippen molar-refractivity contribution in [2.75, 3.05) is 13.1 Å². The van der Waals surface area contributed by atoms with Crippen molar-refractivity contribution >= 4 is 5.97 Å². The number of hydrogen-bond acceptors (Lipinski definition) is 2. The van der Waals surface area contributed by atoms with Crippen LogP contribution in [0.25, 0.3) is 0 Å². The summed E-state index contributed by atoms with van der Waals surface area (Å²) in [4.78, 5) is 14.4. The second-order valence-electron chi connectivity index (χ2n) is 16.4. The quantitative estimate of drug-likeness (QED) is 0.0642. The van der Waals surface area contributed by atoms with E-state index in [0.29, 0.717) is 0 Å². The lowest BCUT2D eigenvalue weighted by Gasteiger charge is -2.29. The minimum Gasteiger partial charge on any atom is -0.480 e. The highest BCUT2D eigenvalue weighted by Crippen LogP contribution is 2.18. The van der Waals surface area contributed by atoms with Gasteiger partial charge < -0.3 is 5.11 Å². The van der Waals surface area contributed by atoms with E-state index in [1.165, 1.54) is 231 Å². The number of aliphatic carboxylic acids is 1. The van der Waals surface area contributed by atoms with Crippen LogP contribution in [0, 0.1) is 0 Å². The first-order chi connectivity index (χ1) is 24.7. The molecule has 0 amide bonds. The molecule has 0 radical (unpaired) electrons. The van der Waals surface area contributed by atoms with E-state index < -0.39 is 5.97 Å². The molecule has 0 spiro atoms. The van der Waals surface area contributed by atoms with Crippen LogP contribution in [0.4, 0.5) is 0 Å². The van der Waals surface area contributed by atoms with E-state index in [-0.39, 0.29) is 6.04 Å². The minimum atomic E-state index is -0.609. The molecule has 0 saturated heterocycles. The highest BCUT2D eigenvalue weighted by Gasteiger charge is 2.23. The maximum Gasteiger partial charge on any atom is 0.320 e. The van der Waals surface area contributed by atoms with Gasteiger partial charge >= 0.3 is 5.97 Å². The van der Waals surface area contributed by atoms with Gasteiger partial charge in [-0.3, -0.25) is 9.69 Å². The van der Waals surface area contributed by atoms with E-state index in [9.17, 15) is 9.90 Å². The standard InChI is InChI=1S/C47H95NO2/c1-4-7-9-11-13-15-17-19-21-23-25-27-29-31-33-35-37-39-41-44-48(46(43-6-3)47(49)50)45-42-40-38-36-34-32-30-28-26-24-22-20-18-16-14-12-10-8-5-2/h46H,4-45H2,1-3H3,(H,49,50). The summed E-state index contributed by atoms with van der Waals surface area (Å²) in [6.07, 6.45) is 54.9. The Hall–Kier alpha value is -0.570. The lowest BCUT2D eigenvalue weighted by molar-refractivity contribution is -0.143. The van der Waals surface area contributed by atoms with Crippen LogP contribution in [-0.2, 0) is 4.79 Å². The number of carbonyl (C=O) groups is 1. The Morgan fingerprint density at radius 1 is 0.340 bits per heavy atom. The second kappa shape index (κ2) is 42.8. The Labute approximate surface area is 316 Å². The normalized spacial score (nSPS) is 12.3. The molecule has 0 bridgehead atoms. The van der Waals surface area contributed by atoms with Crippen molar-refractivity contribution in [1.29, 1.82) is 0 Å². The topological polar surface area (TPSA) is 40.5 Å². The maximum atomic E-state index is 12.1. The minimum absolute atomic E-state index is 0.286. The predicted molar refractivity (Wildman–Crippen MR) is 225 cm³/mol. The van der Waals surface area contributed by atoms with E-state index in [2.05, 4.69) is 25.7 Å². The summed E-state index contributed by atoms with van der Waals surface area (Å²) in [7, 11) is 0. The van der Waals surface area contributed by atoms with Gasteiger partial charge in [-0.05, 0) is 32.4 Å². The smallest absolute Gasteiger partial charge is 0.320 e. The van der Waals surface area contributed by atoms with Crippen molar-refractivity contribution in [3.63, 3.8) is 0 Å². The van der Waals surface area contributed by atoms with Crippen LogP contribution < -0.4 is 0 Å². The van der Waals surface area contributed by atoms with Crippen LogP contribution in [0.2, 0.25) is 0 Å². The summed E-state index contributed by atoms with van der Waals surface area (Å²) in [6.45, 7) is 8.66. The average molecular weight is 706 g/mol. The summed E-state index contributed by atoms with van der Waals surface area (Å²) in [5.74, 6) is -0.609. The largest absolute Gasteiger partial charge is 0.480 e. The van der Waals surface area contributed by atoms with Gasteiger partial charge in [0.25, 0.3) is 0 Å². The van der Waals surface area contributed by atoms with E-state index in [1.807, 2.05) is 0 Å². The van der Waals surface area contributed by atoms with Crippen LogP contribution in [0.5, 0.6) is 0 Å². The molecule has 0 fully saturated rings. The van der Waals surface area contributed by atoms with Gasteiger partial charge in [-0.2, -0.15) is 0 Å². The molecule has 1 atom stereocenters. The summed E-state index contributed by atoms with van der Waals surface area (Å²) >= 11 is 0. The van der Waals surface area contributed by atoms with E-state index in [4.69, 9.17) is 0 Å². The van der Waals surface area contributed by atoms with Crippen molar-refractivity contribution in [3.05, 3.63) is 0 Å². The third-order valence-corrected chi connectivity index (χ3v) is 11.4. The number of carboxylic acids is 1. The van der Waals surface area contributed by atoms with Gasteiger partial charge in [0.1, 0.15) is 6.04 Å². The molecule has 0 aromatic rings. The second-order valence-corrected chi connectivity index (χ2v) is 16.4. The Balaban J connectivity index is 3.73. The summed E-state index contributed by atoms with van der Waals surface area (Å²) < 4.78 is 0. The fourth-order valence-corrected chi connectivity index (χ4v) is 7.95. The molecule has 3 heteroatoms. The van der Waals surface area contributed by atoms with Crippen molar-refractivity contribution in [2.24, 2.45) is 0 Å². The molecule has 3 nitrogen and oxygen atoms in total. The molecule has 1 unspecified atom stereocenters. The van der Waals surface area contributed by atoms with Crippen molar-refractivity contribution in [2.45, 2.75) is 284 Å². The zero-order chi connectivity index (χ0) is 36.4. The molecule has 0 aliphatic heterocycles. The molecule has 0 saturated carbocycles. The molecule has 300 valence electrons. The molecule has 0 aliphatic rings. The molecule has 0 aliphatic carbocycles. The van der Waals surface area contributed by atoms with Gasteiger partial charge in [0, 0.05) is 0 Å². The van der Waals surface area contributed by atoms with Crippen LogP contribution in [0.15, 0.2) is 0 Å². The zero-order valence-electron chi connectivity index (χ0n) is 35.1. The van der Waals surface area contributed by atoms with Crippen LogP contribution >= 0.6 is 0 Å². The number of carboxylic acid groups (broad SMARTS) is 1. The maximum absolute atomic E-state index is 12.1. The molecular weight excluding hydrogens is 611 g/mol. The molecular formula is C47H95NO2. The third-order valence-electron chi connectivity index (χ3n) is 11.4. The first kappa shape index (κ1) is 49.4. The predicted octanol–water partition coefficient (Wildman–Crippen LogP) is 16.4. The highest BCUT2D eigenvalue weighted by molar-refractivity contribution is 5.73. The lowest BCUT2D eigenvalue weighted by Crippen LogP contribution is -2.42. The number of unbranched alkanes of at least 4 members (excludes halogenated alkanes) is 36. The van der Waals surface area contributed by atoms with Gasteiger partial charge in [-0.1, -0.05) is 258 Å². The monoisotopic (exact) mass is 706 g/mol. The average Bonchev–Trinajstić information content (AvgIpc) is 3.11. The zero-order valence-corrected chi connectivity index (χ0v) is 35.1. The molecule has 0 aromatic carbocycles. The Morgan fingerprint density at radius 2 is 0.540 bits per heavy atom. The summed E-state index contributed by atoms with van der Waals surface area (Å²) in [6, 6.07) is -0.286. The van der Waals surface area contributed by atoms with Crippen molar-refractivity contribution in [3.8, 4) is 0 Å². The van der Waals surface area contributed by atoms with Crippen molar-refractivity contribution < 1.29 is 9.90 Å². The number of nitrogens with zero attached hydrogens (tertiary/aromatic N) is 1. The van der Waals surface area contributed by atoms with Crippen molar-refractivity contribution in [1.82, 2.24) is 4.90 Å². The summed E-state index contributed by atoms with van der Waals surface area (Å²) in [5.41, 5.74) is 0. The molecule has 50 heavy (non-hydrogen) atoms. The van der Waals surface area contributed by atoms with E-state index in [0.717, 1.165) is 38.8 Å². The fourth-order valence-electron chi connectivity index (χ4n) is 7.95. The first-order valence-corrected chi connectivity index (χ1v) is 23.6. The third kappa shape index (κ3) is 37.2. The van der Waals surface area contributed by atoms with Crippen LogP contribution in [-0.4, -0.2) is 35.1 Å². The van der Waals surface area contributed by atoms with Crippen LogP contribution in [0.3, 0.4) is 0 Å². The first-order valence-electron chi connectivity index (χ1n) is 23.6. The van der Waals surface area contributed by atoms with Gasteiger partial charge in [-0.25, -0.2) is 0 Å². The molecule has 0 heterocycles. The Kier molecular flexibility index (Phi) is 42.4. The molecule has 0 aromatic heterocycles. The summed E-state index contributed by atoms with van der Waals surface area (Å²) in [5, 5.41) is 9.95. The fraction of sp³-hybridized carbons (Fsp3) is 0.979. The van der Waals surface area contributed by atoms with Gasteiger partial charge in [0.15, 0.2) is 0 Å². The lowest BCUT2D eigenvalue weighted by atomic mass is 10.0. The number of hydrogen-bond donors (Lipinski definition) is 1. The molecule has 1 N–H and O–H groups in total. The SMILES string of the molecule is CCCCCCCCCCCCCCCCCCCCCN(CCCCCCCCCCCCCCCCCCCCC)C(CCC)C(=O)O. The Morgan fingerprint density at radius 3 is 0.720 bits per heavy atom. The van der Waals surface area contributed by atoms with Crippen LogP contribution in [0.1, 0.15) is 278 Å². The highest BCUT2D eigenvalue weighted by atomic mass is 16.4. The number of rotatable bonds is 44. The van der Waals surface area contributed by atoms with E-state index in [1.54, 1.807) is 0 Å². The van der Waals surface area contributed by atoms with E-state index >= 15 is 0 Å². The van der Waals surface area contributed by atoms with Gasteiger partial charge in [0.2, 0.25) is 0 Å².